The van der Waals surface area contributed by atoms with E-state index in [-0.39, 0.29) is 6.10 Å². The fraction of sp³-hybridized carbons (Fsp3) is 0.931. The minimum atomic E-state index is -1.16. The molecular formula is C29H56O4. The molecule has 0 fully saturated rings. The monoisotopic (exact) mass is 468 g/mol. The number of rotatable bonds is 23. The van der Waals surface area contributed by atoms with Gasteiger partial charge in [0, 0.05) is 0 Å². The van der Waals surface area contributed by atoms with E-state index >= 15 is 0 Å². The molecule has 0 amide bonds. The number of ether oxygens (including phenoxy) is 2. The normalized spacial score (nSPS) is 11.7. The van der Waals surface area contributed by atoms with Crippen LogP contribution < -0.4 is 0 Å². The smallest absolute Gasteiger partial charge is 0.323 e. The first kappa shape index (κ1) is 31.9. The summed E-state index contributed by atoms with van der Waals surface area (Å²) in [4.78, 5) is 25.8. The zero-order valence-corrected chi connectivity index (χ0v) is 22.9. The Morgan fingerprint density at radius 3 is 1.39 bits per heavy atom. The summed E-state index contributed by atoms with van der Waals surface area (Å²) in [6.45, 7) is 10.6. The Labute approximate surface area is 206 Å². The fourth-order valence-corrected chi connectivity index (χ4v) is 4.50. The fourth-order valence-electron chi connectivity index (χ4n) is 4.50. The van der Waals surface area contributed by atoms with Gasteiger partial charge in [-0.1, -0.05) is 125 Å². The highest BCUT2D eigenvalue weighted by molar-refractivity contribution is 6.00. The molecule has 4 heteroatoms. The molecule has 0 atom stereocenters. The van der Waals surface area contributed by atoms with Crippen LogP contribution in [0.1, 0.15) is 157 Å². The van der Waals surface area contributed by atoms with Crippen LogP contribution in [-0.4, -0.2) is 24.6 Å². The molecule has 0 aromatic rings. The van der Waals surface area contributed by atoms with Crippen molar-refractivity contribution >= 4 is 11.9 Å². The van der Waals surface area contributed by atoms with Gasteiger partial charge in [-0.15, -0.1) is 0 Å². The van der Waals surface area contributed by atoms with E-state index in [1.807, 2.05) is 13.8 Å². The Morgan fingerprint density at radius 2 is 1.00 bits per heavy atom. The van der Waals surface area contributed by atoms with E-state index < -0.39 is 17.4 Å². The Hall–Kier alpha value is -1.06. The van der Waals surface area contributed by atoms with Gasteiger partial charge < -0.3 is 9.47 Å². The molecule has 0 rings (SSSR count). The molecule has 0 unspecified atom stereocenters. The van der Waals surface area contributed by atoms with E-state index in [9.17, 15) is 9.59 Å². The SMILES string of the molecule is CCCCCCCCCCCCCCCOC(=O)C(CC)(CC)C(=O)OC(CCC)CCC. The summed E-state index contributed by atoms with van der Waals surface area (Å²) in [6, 6.07) is 0. The Bertz CT molecular complexity index is 464. The molecule has 0 heterocycles. The molecule has 0 aliphatic heterocycles. The maximum Gasteiger partial charge on any atom is 0.323 e. The Morgan fingerprint density at radius 1 is 0.576 bits per heavy atom. The van der Waals surface area contributed by atoms with Gasteiger partial charge in [-0.05, 0) is 32.1 Å². The number of carbonyl (C=O) groups is 2. The average Bonchev–Trinajstić information content (AvgIpc) is 2.80. The van der Waals surface area contributed by atoms with Crippen LogP contribution in [0.5, 0.6) is 0 Å². The molecule has 4 nitrogen and oxygen atoms in total. The summed E-state index contributed by atoms with van der Waals surface area (Å²) in [7, 11) is 0. The third kappa shape index (κ3) is 14.1. The maximum absolute atomic E-state index is 13.0. The molecule has 0 spiro atoms. The van der Waals surface area contributed by atoms with Crippen LogP contribution in [0, 0.1) is 5.41 Å². The van der Waals surface area contributed by atoms with Gasteiger partial charge in [0.25, 0.3) is 0 Å². The average molecular weight is 469 g/mol. The van der Waals surface area contributed by atoms with Gasteiger partial charge in [0.15, 0.2) is 5.41 Å². The lowest BCUT2D eigenvalue weighted by atomic mass is 9.82. The van der Waals surface area contributed by atoms with Crippen molar-refractivity contribution < 1.29 is 19.1 Å². The quantitative estimate of drug-likeness (QED) is 0.0853. The van der Waals surface area contributed by atoms with E-state index in [2.05, 4.69) is 20.8 Å². The van der Waals surface area contributed by atoms with E-state index in [0.717, 1.165) is 38.5 Å². The van der Waals surface area contributed by atoms with Crippen LogP contribution in [0.2, 0.25) is 0 Å². The second-order valence-corrected chi connectivity index (χ2v) is 9.77. The molecule has 0 aliphatic rings. The predicted octanol–water partition coefficient (Wildman–Crippen LogP) is 8.94. The molecule has 0 aromatic heterocycles. The van der Waals surface area contributed by atoms with Gasteiger partial charge >= 0.3 is 11.9 Å². The van der Waals surface area contributed by atoms with Crippen LogP contribution >= 0.6 is 0 Å². The van der Waals surface area contributed by atoms with Crippen LogP contribution in [0.25, 0.3) is 0 Å². The van der Waals surface area contributed by atoms with Crippen LogP contribution in [0.4, 0.5) is 0 Å². The zero-order valence-electron chi connectivity index (χ0n) is 22.9. The molecule has 0 bridgehead atoms. The number of carbonyl (C=O) groups excluding carboxylic acids is 2. The topological polar surface area (TPSA) is 52.6 Å². The summed E-state index contributed by atoms with van der Waals surface area (Å²) in [5.74, 6) is -0.794. The van der Waals surface area contributed by atoms with Gasteiger partial charge in [-0.3, -0.25) is 9.59 Å². The Balaban J connectivity index is 4.09. The molecule has 0 aliphatic carbocycles. The van der Waals surface area contributed by atoms with E-state index in [0.29, 0.717) is 19.4 Å². The van der Waals surface area contributed by atoms with Gasteiger partial charge in [-0.2, -0.15) is 0 Å². The number of unbranched alkanes of at least 4 members (excludes halogenated alkanes) is 12. The summed E-state index contributed by atoms with van der Waals surface area (Å²) in [5, 5.41) is 0. The first-order valence-corrected chi connectivity index (χ1v) is 14.4. The van der Waals surface area contributed by atoms with Gasteiger partial charge in [0.05, 0.1) is 6.61 Å². The molecule has 0 aromatic carbocycles. The first-order valence-electron chi connectivity index (χ1n) is 14.4. The highest BCUT2D eigenvalue weighted by Crippen LogP contribution is 2.31. The molecule has 33 heavy (non-hydrogen) atoms. The highest BCUT2D eigenvalue weighted by Gasteiger charge is 2.46. The van der Waals surface area contributed by atoms with Crippen molar-refractivity contribution in [3.63, 3.8) is 0 Å². The summed E-state index contributed by atoms with van der Waals surface area (Å²) in [5.41, 5.74) is -1.16. The van der Waals surface area contributed by atoms with Crippen molar-refractivity contribution in [2.24, 2.45) is 5.41 Å². The van der Waals surface area contributed by atoms with Crippen molar-refractivity contribution in [2.75, 3.05) is 6.61 Å². The highest BCUT2D eigenvalue weighted by atomic mass is 16.6. The predicted molar refractivity (Wildman–Crippen MR) is 139 cm³/mol. The minimum absolute atomic E-state index is 0.0983. The van der Waals surface area contributed by atoms with Gasteiger partial charge in [-0.25, -0.2) is 0 Å². The van der Waals surface area contributed by atoms with E-state index in [1.54, 1.807) is 0 Å². The van der Waals surface area contributed by atoms with Crippen molar-refractivity contribution in [1.29, 1.82) is 0 Å². The second kappa shape index (κ2) is 21.5. The standard InChI is InChI=1S/C29H56O4/c1-6-11-12-13-14-15-16-17-18-19-20-21-22-25-32-27(30)29(9-4,10-5)28(31)33-26(23-7-2)24-8-3/h26H,6-25H2,1-5H3. The third-order valence-electron chi connectivity index (χ3n) is 6.96. The van der Waals surface area contributed by atoms with Gasteiger partial charge in [0.2, 0.25) is 0 Å². The number of hydrogen-bond acceptors (Lipinski definition) is 4. The van der Waals surface area contributed by atoms with Crippen molar-refractivity contribution in [2.45, 2.75) is 163 Å². The van der Waals surface area contributed by atoms with E-state index in [4.69, 9.17) is 9.47 Å². The Kier molecular flexibility index (Phi) is 20.8. The molecule has 0 N–H and O–H groups in total. The number of esters is 2. The lowest BCUT2D eigenvalue weighted by Gasteiger charge is -2.29. The number of hydrogen-bond donors (Lipinski definition) is 0. The van der Waals surface area contributed by atoms with Crippen molar-refractivity contribution in [3.05, 3.63) is 0 Å². The van der Waals surface area contributed by atoms with Crippen molar-refractivity contribution in [3.8, 4) is 0 Å². The molecule has 0 saturated heterocycles. The van der Waals surface area contributed by atoms with Crippen LogP contribution in [0.3, 0.4) is 0 Å². The molecular weight excluding hydrogens is 412 g/mol. The minimum Gasteiger partial charge on any atom is -0.465 e. The summed E-state index contributed by atoms with van der Waals surface area (Å²) >= 11 is 0. The van der Waals surface area contributed by atoms with Gasteiger partial charge in [0.1, 0.15) is 6.10 Å². The second-order valence-electron chi connectivity index (χ2n) is 9.77. The lowest BCUT2D eigenvalue weighted by Crippen LogP contribution is -2.42. The lowest BCUT2D eigenvalue weighted by molar-refractivity contribution is -0.177. The summed E-state index contributed by atoms with van der Waals surface area (Å²) < 4.78 is 11.4. The summed E-state index contributed by atoms with van der Waals surface area (Å²) in [6.07, 6.45) is 21.1. The first-order chi connectivity index (χ1) is 16.0. The van der Waals surface area contributed by atoms with Crippen LogP contribution in [0.15, 0.2) is 0 Å². The van der Waals surface area contributed by atoms with Crippen molar-refractivity contribution in [1.82, 2.24) is 0 Å². The van der Waals surface area contributed by atoms with E-state index in [1.165, 1.54) is 70.6 Å². The third-order valence-corrected chi connectivity index (χ3v) is 6.96. The maximum atomic E-state index is 13.0. The molecule has 0 radical (unpaired) electrons. The molecule has 196 valence electrons. The largest absolute Gasteiger partial charge is 0.465 e. The molecule has 0 saturated carbocycles. The zero-order chi connectivity index (χ0) is 24.8. The van der Waals surface area contributed by atoms with Crippen LogP contribution in [-0.2, 0) is 19.1 Å².